The summed E-state index contributed by atoms with van der Waals surface area (Å²) in [6.07, 6.45) is 1.16. The molecule has 0 saturated carbocycles. The van der Waals surface area contributed by atoms with E-state index in [-0.39, 0.29) is 5.91 Å². The minimum atomic E-state index is -0.731. The quantitative estimate of drug-likeness (QED) is 0.703. The molecule has 142 valence electrons. The third-order valence-electron chi connectivity index (χ3n) is 4.05. The summed E-state index contributed by atoms with van der Waals surface area (Å²) in [5.41, 5.74) is 1.80. The summed E-state index contributed by atoms with van der Waals surface area (Å²) in [5, 5.41) is 7.76. The van der Waals surface area contributed by atoms with Crippen molar-refractivity contribution in [3.8, 4) is 0 Å². The summed E-state index contributed by atoms with van der Waals surface area (Å²) in [4.78, 5) is 36.1. The first kappa shape index (κ1) is 20.2. The summed E-state index contributed by atoms with van der Waals surface area (Å²) in [6, 6.07) is 17.3. The van der Waals surface area contributed by atoms with E-state index in [0.717, 1.165) is 11.1 Å². The smallest absolute Gasteiger partial charge is 0.322 e. The second kappa shape index (κ2) is 10.1. The maximum absolute atomic E-state index is 12.4. The topological polar surface area (TPSA) is 87.3 Å². The minimum absolute atomic E-state index is 0.310. The van der Waals surface area contributed by atoms with Gasteiger partial charge in [-0.05, 0) is 17.5 Å². The van der Waals surface area contributed by atoms with Crippen molar-refractivity contribution in [2.75, 3.05) is 0 Å². The molecule has 0 heterocycles. The molecule has 0 spiro atoms. The standard InChI is InChI=1S/C21H25N3O3/c1-3-10-18(22-15(2)25)20(26)24-21(27)23-19(16-11-6-4-7-12-16)17-13-8-5-9-14-17/h4-9,11-14,18-19H,3,10H2,1-2H3,(H,22,25)(H2,23,24,26,27)/t18-/m0/s1. The Hall–Kier alpha value is -3.15. The fraction of sp³-hybridized carbons (Fsp3) is 0.286. The number of rotatable bonds is 7. The average molecular weight is 367 g/mol. The molecule has 0 saturated heterocycles. The Bertz CT molecular complexity index is 723. The van der Waals surface area contributed by atoms with Crippen LogP contribution in [0.5, 0.6) is 0 Å². The fourth-order valence-electron chi connectivity index (χ4n) is 2.82. The molecule has 0 fully saturated rings. The Morgan fingerprint density at radius 1 is 0.852 bits per heavy atom. The van der Waals surface area contributed by atoms with Crippen LogP contribution in [0.4, 0.5) is 4.79 Å². The number of hydrogen-bond acceptors (Lipinski definition) is 3. The monoisotopic (exact) mass is 367 g/mol. The van der Waals surface area contributed by atoms with E-state index in [9.17, 15) is 14.4 Å². The van der Waals surface area contributed by atoms with Gasteiger partial charge < -0.3 is 10.6 Å². The van der Waals surface area contributed by atoms with Crippen LogP contribution >= 0.6 is 0 Å². The molecular weight excluding hydrogens is 342 g/mol. The fourth-order valence-corrected chi connectivity index (χ4v) is 2.82. The van der Waals surface area contributed by atoms with Crippen molar-refractivity contribution >= 4 is 17.8 Å². The van der Waals surface area contributed by atoms with Gasteiger partial charge in [-0.2, -0.15) is 0 Å². The van der Waals surface area contributed by atoms with Gasteiger partial charge in [0.05, 0.1) is 6.04 Å². The lowest BCUT2D eigenvalue weighted by Gasteiger charge is -2.21. The van der Waals surface area contributed by atoms with E-state index in [4.69, 9.17) is 0 Å². The largest absolute Gasteiger partial charge is 0.345 e. The van der Waals surface area contributed by atoms with E-state index in [0.29, 0.717) is 12.8 Å². The van der Waals surface area contributed by atoms with Crippen LogP contribution in [0.25, 0.3) is 0 Å². The Morgan fingerprint density at radius 2 is 1.37 bits per heavy atom. The van der Waals surface area contributed by atoms with E-state index in [1.165, 1.54) is 6.92 Å². The van der Waals surface area contributed by atoms with Gasteiger partial charge in [-0.1, -0.05) is 74.0 Å². The molecule has 0 aromatic heterocycles. The summed E-state index contributed by atoms with van der Waals surface area (Å²) < 4.78 is 0. The molecule has 0 radical (unpaired) electrons. The Balaban J connectivity index is 2.12. The van der Waals surface area contributed by atoms with Crippen LogP contribution in [-0.4, -0.2) is 23.9 Å². The van der Waals surface area contributed by atoms with Crippen molar-refractivity contribution in [3.05, 3.63) is 71.8 Å². The maximum atomic E-state index is 12.4. The number of urea groups is 1. The van der Waals surface area contributed by atoms with Gasteiger partial charge in [-0.3, -0.25) is 14.9 Å². The molecule has 27 heavy (non-hydrogen) atoms. The molecule has 2 rings (SSSR count). The number of amides is 4. The van der Waals surface area contributed by atoms with Crippen molar-refractivity contribution < 1.29 is 14.4 Å². The van der Waals surface area contributed by atoms with E-state index in [2.05, 4.69) is 16.0 Å². The summed E-state index contributed by atoms with van der Waals surface area (Å²) in [5.74, 6) is -0.833. The zero-order valence-electron chi connectivity index (χ0n) is 15.6. The predicted molar refractivity (Wildman–Crippen MR) is 104 cm³/mol. The number of benzene rings is 2. The number of carbonyl (C=O) groups excluding carboxylic acids is 3. The zero-order chi connectivity index (χ0) is 19.6. The van der Waals surface area contributed by atoms with Crippen LogP contribution in [-0.2, 0) is 9.59 Å². The highest BCUT2D eigenvalue weighted by molar-refractivity contribution is 5.98. The highest BCUT2D eigenvalue weighted by Gasteiger charge is 2.22. The van der Waals surface area contributed by atoms with E-state index in [1.807, 2.05) is 67.6 Å². The van der Waals surface area contributed by atoms with Gasteiger partial charge in [0, 0.05) is 6.92 Å². The second-order valence-electron chi connectivity index (χ2n) is 6.26. The number of carbonyl (C=O) groups is 3. The first-order valence-electron chi connectivity index (χ1n) is 8.99. The lowest BCUT2D eigenvalue weighted by Crippen LogP contribution is -2.50. The normalized spacial score (nSPS) is 11.5. The number of nitrogens with one attached hydrogen (secondary N) is 3. The average Bonchev–Trinajstić information content (AvgIpc) is 2.67. The minimum Gasteiger partial charge on any atom is -0.345 e. The van der Waals surface area contributed by atoms with Gasteiger partial charge in [0.1, 0.15) is 6.04 Å². The molecule has 2 aromatic rings. The van der Waals surface area contributed by atoms with Crippen LogP contribution in [0.2, 0.25) is 0 Å². The van der Waals surface area contributed by atoms with Crippen molar-refractivity contribution in [1.29, 1.82) is 0 Å². The van der Waals surface area contributed by atoms with Crippen LogP contribution < -0.4 is 16.0 Å². The Morgan fingerprint density at radius 3 is 1.81 bits per heavy atom. The molecular formula is C21H25N3O3. The lowest BCUT2D eigenvalue weighted by atomic mass is 9.99. The maximum Gasteiger partial charge on any atom is 0.322 e. The molecule has 0 aliphatic carbocycles. The molecule has 3 N–H and O–H groups in total. The van der Waals surface area contributed by atoms with Gasteiger partial charge >= 0.3 is 6.03 Å². The van der Waals surface area contributed by atoms with Gasteiger partial charge in [0.2, 0.25) is 5.91 Å². The van der Waals surface area contributed by atoms with E-state index in [1.54, 1.807) is 0 Å². The summed E-state index contributed by atoms with van der Waals surface area (Å²) >= 11 is 0. The zero-order valence-corrected chi connectivity index (χ0v) is 15.6. The first-order valence-corrected chi connectivity index (χ1v) is 8.99. The highest BCUT2D eigenvalue weighted by Crippen LogP contribution is 2.21. The van der Waals surface area contributed by atoms with Crippen molar-refractivity contribution in [1.82, 2.24) is 16.0 Å². The Kier molecular flexibility index (Phi) is 7.55. The molecule has 6 heteroatoms. The SMILES string of the molecule is CCC[C@H](NC(C)=O)C(=O)NC(=O)NC(c1ccccc1)c1ccccc1. The van der Waals surface area contributed by atoms with E-state index < -0.39 is 24.0 Å². The van der Waals surface area contributed by atoms with Gasteiger partial charge in [-0.25, -0.2) is 4.79 Å². The third kappa shape index (κ3) is 6.26. The van der Waals surface area contributed by atoms with Gasteiger partial charge in [0.15, 0.2) is 0 Å². The highest BCUT2D eigenvalue weighted by atomic mass is 16.2. The molecule has 2 aromatic carbocycles. The van der Waals surface area contributed by atoms with Gasteiger partial charge in [-0.15, -0.1) is 0 Å². The number of imide groups is 1. The summed E-state index contributed by atoms with van der Waals surface area (Å²) in [6.45, 7) is 3.25. The van der Waals surface area contributed by atoms with Crippen molar-refractivity contribution in [2.45, 2.75) is 38.8 Å². The molecule has 0 unspecified atom stereocenters. The van der Waals surface area contributed by atoms with Gasteiger partial charge in [0.25, 0.3) is 5.91 Å². The third-order valence-corrected chi connectivity index (χ3v) is 4.05. The summed E-state index contributed by atoms with van der Waals surface area (Å²) in [7, 11) is 0. The molecule has 0 aliphatic heterocycles. The van der Waals surface area contributed by atoms with Crippen LogP contribution in [0.3, 0.4) is 0 Å². The lowest BCUT2D eigenvalue weighted by molar-refractivity contribution is -0.127. The molecule has 0 aliphatic rings. The number of hydrogen-bond donors (Lipinski definition) is 3. The Labute approximate surface area is 159 Å². The molecule has 4 amide bonds. The predicted octanol–water partition coefficient (Wildman–Crippen LogP) is 2.91. The van der Waals surface area contributed by atoms with Crippen molar-refractivity contribution in [3.63, 3.8) is 0 Å². The van der Waals surface area contributed by atoms with Crippen LogP contribution in [0.1, 0.15) is 43.9 Å². The molecule has 0 bridgehead atoms. The van der Waals surface area contributed by atoms with E-state index >= 15 is 0 Å². The van der Waals surface area contributed by atoms with Crippen LogP contribution in [0.15, 0.2) is 60.7 Å². The van der Waals surface area contributed by atoms with Crippen molar-refractivity contribution in [2.24, 2.45) is 0 Å². The molecule has 6 nitrogen and oxygen atoms in total. The molecule has 1 atom stereocenters. The first-order chi connectivity index (χ1) is 13.0. The second-order valence-corrected chi connectivity index (χ2v) is 6.26. The van der Waals surface area contributed by atoms with Crippen LogP contribution in [0, 0.1) is 0 Å².